The Kier molecular flexibility index (Phi) is 5.67. The number of likely N-dealkylation sites (tertiary alicyclic amines) is 2. The van der Waals surface area contributed by atoms with E-state index in [9.17, 15) is 9.59 Å². The van der Waals surface area contributed by atoms with Crippen LogP contribution in [0.25, 0.3) is 0 Å². The second-order valence-corrected chi connectivity index (χ2v) is 8.01. The molecule has 7 heteroatoms. The van der Waals surface area contributed by atoms with Crippen LogP contribution in [0.4, 0.5) is 0 Å². The van der Waals surface area contributed by atoms with E-state index in [0.717, 1.165) is 37.1 Å². The molecule has 2 aromatic rings. The highest BCUT2D eigenvalue weighted by molar-refractivity contribution is 6.30. The van der Waals surface area contributed by atoms with E-state index in [4.69, 9.17) is 16.0 Å². The van der Waals surface area contributed by atoms with Gasteiger partial charge < -0.3 is 14.2 Å². The molecule has 0 bridgehead atoms. The van der Waals surface area contributed by atoms with Crippen LogP contribution in [0.3, 0.4) is 0 Å². The van der Waals surface area contributed by atoms with Gasteiger partial charge in [0.25, 0.3) is 0 Å². The maximum atomic E-state index is 12.6. The molecule has 6 nitrogen and oxygen atoms in total. The molecule has 0 saturated carbocycles. The van der Waals surface area contributed by atoms with Crippen molar-refractivity contribution in [2.24, 2.45) is 0 Å². The minimum Gasteiger partial charge on any atom is -0.445 e. The molecule has 0 aliphatic carbocycles. The number of oxazole rings is 1. The van der Waals surface area contributed by atoms with Crippen LogP contribution in [-0.2, 0) is 16.0 Å². The number of hydrogen-bond acceptors (Lipinski definition) is 4. The van der Waals surface area contributed by atoms with Crippen molar-refractivity contribution in [3.63, 3.8) is 0 Å². The van der Waals surface area contributed by atoms with Crippen molar-refractivity contribution in [3.05, 3.63) is 52.7 Å². The van der Waals surface area contributed by atoms with Crippen LogP contribution in [0.15, 0.2) is 34.9 Å². The zero-order valence-corrected chi connectivity index (χ0v) is 16.5. The van der Waals surface area contributed by atoms with Crippen LogP contribution in [0.5, 0.6) is 0 Å². The first-order valence-electron chi connectivity index (χ1n) is 9.83. The Balaban J connectivity index is 1.37. The van der Waals surface area contributed by atoms with Gasteiger partial charge in [-0.25, -0.2) is 4.98 Å². The summed E-state index contributed by atoms with van der Waals surface area (Å²) in [5, 5.41) is 0.704. The van der Waals surface area contributed by atoms with E-state index in [1.54, 1.807) is 11.1 Å². The lowest BCUT2D eigenvalue weighted by Crippen LogP contribution is -2.45. The molecule has 0 N–H and O–H groups in total. The molecule has 0 radical (unpaired) electrons. The third-order valence-electron chi connectivity index (χ3n) is 5.46. The molecule has 28 heavy (non-hydrogen) atoms. The van der Waals surface area contributed by atoms with Crippen LogP contribution >= 0.6 is 11.6 Å². The first-order chi connectivity index (χ1) is 13.6. The number of aromatic nitrogens is 1. The second-order valence-electron chi connectivity index (χ2n) is 7.57. The second kappa shape index (κ2) is 8.35. The van der Waals surface area contributed by atoms with Gasteiger partial charge in [0.15, 0.2) is 5.89 Å². The standard InChI is InChI=1S/C21H24ClN3O3/c22-17-6-1-4-15(10-17)11-18-12-23-21(28-18)16-5-2-8-24(13-16)20(27)14-25-9-3-7-19(25)26/h1,4,6,10,12,16H,2-3,5,7-9,11,13-14H2/t16-/m0/s1. The Morgan fingerprint density at radius 1 is 1.29 bits per heavy atom. The summed E-state index contributed by atoms with van der Waals surface area (Å²) in [6.07, 6.45) is 5.67. The van der Waals surface area contributed by atoms with Gasteiger partial charge in [-0.3, -0.25) is 9.59 Å². The van der Waals surface area contributed by atoms with Gasteiger partial charge in [-0.2, -0.15) is 0 Å². The smallest absolute Gasteiger partial charge is 0.242 e. The zero-order chi connectivity index (χ0) is 19.5. The molecular formula is C21H24ClN3O3. The van der Waals surface area contributed by atoms with Gasteiger partial charge in [0, 0.05) is 37.5 Å². The molecule has 0 spiro atoms. The van der Waals surface area contributed by atoms with Crippen LogP contribution in [0.1, 0.15) is 48.8 Å². The maximum absolute atomic E-state index is 12.6. The highest BCUT2D eigenvalue weighted by atomic mass is 35.5. The fourth-order valence-corrected chi connectivity index (χ4v) is 4.19. The van der Waals surface area contributed by atoms with Gasteiger partial charge in [-0.15, -0.1) is 0 Å². The molecular weight excluding hydrogens is 378 g/mol. The lowest BCUT2D eigenvalue weighted by molar-refractivity contribution is -0.139. The van der Waals surface area contributed by atoms with E-state index in [-0.39, 0.29) is 24.3 Å². The van der Waals surface area contributed by atoms with E-state index in [0.29, 0.717) is 36.8 Å². The first kappa shape index (κ1) is 19.0. The average Bonchev–Trinajstić information content (AvgIpc) is 3.31. The summed E-state index contributed by atoms with van der Waals surface area (Å²) >= 11 is 6.05. The topological polar surface area (TPSA) is 66.7 Å². The monoisotopic (exact) mass is 401 g/mol. The molecule has 2 aliphatic heterocycles. The Morgan fingerprint density at radius 3 is 2.96 bits per heavy atom. The number of carbonyl (C=O) groups is 2. The van der Waals surface area contributed by atoms with E-state index in [1.807, 2.05) is 29.2 Å². The van der Waals surface area contributed by atoms with Gasteiger partial charge in [-0.1, -0.05) is 23.7 Å². The Morgan fingerprint density at radius 2 is 2.18 bits per heavy atom. The van der Waals surface area contributed by atoms with Crippen LogP contribution < -0.4 is 0 Å². The third kappa shape index (κ3) is 4.38. The molecule has 2 saturated heterocycles. The first-order valence-corrected chi connectivity index (χ1v) is 10.2. The van der Waals surface area contributed by atoms with E-state index < -0.39 is 0 Å². The molecule has 3 heterocycles. The Bertz CT molecular complexity index is 866. The molecule has 1 aromatic carbocycles. The zero-order valence-electron chi connectivity index (χ0n) is 15.8. The van der Waals surface area contributed by atoms with Crippen molar-refractivity contribution in [2.75, 3.05) is 26.2 Å². The largest absolute Gasteiger partial charge is 0.445 e. The lowest BCUT2D eigenvalue weighted by Gasteiger charge is -2.32. The summed E-state index contributed by atoms with van der Waals surface area (Å²) in [5.41, 5.74) is 1.07. The number of benzene rings is 1. The van der Waals surface area contributed by atoms with Crippen LogP contribution in [0.2, 0.25) is 5.02 Å². The molecule has 4 rings (SSSR count). The van der Waals surface area contributed by atoms with E-state index >= 15 is 0 Å². The number of halogens is 1. The van der Waals surface area contributed by atoms with Crippen molar-refractivity contribution < 1.29 is 14.0 Å². The van der Waals surface area contributed by atoms with Crippen LogP contribution in [-0.4, -0.2) is 52.8 Å². The number of rotatable bonds is 5. The molecule has 1 aromatic heterocycles. The molecule has 2 amide bonds. The molecule has 1 atom stereocenters. The summed E-state index contributed by atoms with van der Waals surface area (Å²) in [6.45, 7) is 2.21. The summed E-state index contributed by atoms with van der Waals surface area (Å²) in [4.78, 5) is 32.4. The number of carbonyl (C=O) groups excluding carboxylic acids is 2. The van der Waals surface area contributed by atoms with Crippen molar-refractivity contribution in [1.82, 2.24) is 14.8 Å². The van der Waals surface area contributed by atoms with Crippen molar-refractivity contribution in [3.8, 4) is 0 Å². The maximum Gasteiger partial charge on any atom is 0.242 e. The van der Waals surface area contributed by atoms with Crippen molar-refractivity contribution >= 4 is 23.4 Å². The van der Waals surface area contributed by atoms with E-state index in [2.05, 4.69) is 4.98 Å². The normalized spacial score (nSPS) is 20.0. The predicted octanol–water partition coefficient (Wildman–Crippen LogP) is 3.25. The van der Waals surface area contributed by atoms with Crippen molar-refractivity contribution in [1.29, 1.82) is 0 Å². The van der Waals surface area contributed by atoms with Gasteiger partial charge in [0.2, 0.25) is 11.8 Å². The number of amides is 2. The SMILES string of the molecule is O=C1CCCN1CC(=O)N1CCC[C@H](c2ncc(Cc3cccc(Cl)c3)o2)C1. The molecule has 2 fully saturated rings. The summed E-state index contributed by atoms with van der Waals surface area (Å²) in [6, 6.07) is 7.70. The minimum absolute atomic E-state index is 0.0191. The molecule has 2 aliphatic rings. The summed E-state index contributed by atoms with van der Waals surface area (Å²) in [7, 11) is 0. The van der Waals surface area contributed by atoms with Gasteiger partial charge >= 0.3 is 0 Å². The van der Waals surface area contributed by atoms with Gasteiger partial charge in [0.05, 0.1) is 18.7 Å². The fraction of sp³-hybridized carbons (Fsp3) is 0.476. The summed E-state index contributed by atoms with van der Waals surface area (Å²) in [5.74, 6) is 1.68. The lowest BCUT2D eigenvalue weighted by atomic mass is 9.98. The van der Waals surface area contributed by atoms with Crippen molar-refractivity contribution in [2.45, 2.75) is 38.0 Å². The molecule has 148 valence electrons. The highest BCUT2D eigenvalue weighted by Gasteiger charge is 2.30. The van der Waals surface area contributed by atoms with Gasteiger partial charge in [0.1, 0.15) is 5.76 Å². The fourth-order valence-electron chi connectivity index (χ4n) is 3.98. The summed E-state index contributed by atoms with van der Waals surface area (Å²) < 4.78 is 5.99. The van der Waals surface area contributed by atoms with E-state index in [1.165, 1.54) is 0 Å². The number of hydrogen-bond donors (Lipinski definition) is 0. The minimum atomic E-state index is 0.0191. The Hall–Kier alpha value is -2.34. The predicted molar refractivity (Wildman–Crippen MR) is 105 cm³/mol. The quantitative estimate of drug-likeness (QED) is 0.771. The number of nitrogens with zero attached hydrogens (tertiary/aromatic N) is 3. The third-order valence-corrected chi connectivity index (χ3v) is 5.69. The van der Waals surface area contributed by atoms with Gasteiger partial charge in [-0.05, 0) is 37.0 Å². The highest BCUT2D eigenvalue weighted by Crippen LogP contribution is 2.27. The van der Waals surface area contributed by atoms with Crippen LogP contribution in [0, 0.1) is 0 Å². The average molecular weight is 402 g/mol. The molecule has 0 unspecified atom stereocenters. The Labute approximate surface area is 169 Å². The number of piperidine rings is 1.